The Balaban J connectivity index is 1.50. The van der Waals surface area contributed by atoms with Crippen LogP contribution in [0.2, 0.25) is 5.04 Å². The summed E-state index contributed by atoms with van der Waals surface area (Å²) in [6.07, 6.45) is 2.16. The topological polar surface area (TPSA) is 131 Å². The van der Waals surface area contributed by atoms with Gasteiger partial charge in [0.2, 0.25) is 0 Å². The molecule has 4 aromatic rings. The molecule has 2 aromatic carbocycles. The molecule has 0 spiro atoms. The molecule has 1 saturated heterocycles. The molecular formula is C26H29N7O3Si. The molecule has 5 rings (SSSR count). The maximum atomic E-state index is 12.1. The molecule has 3 heterocycles. The van der Waals surface area contributed by atoms with Gasteiger partial charge in [0.15, 0.2) is 11.9 Å². The minimum Gasteiger partial charge on any atom is -0.405 e. The molecule has 37 heavy (non-hydrogen) atoms. The van der Waals surface area contributed by atoms with E-state index in [1.165, 1.54) is 12.5 Å². The Morgan fingerprint density at radius 2 is 1.81 bits per heavy atom. The van der Waals surface area contributed by atoms with E-state index in [4.69, 9.17) is 9.16 Å². The maximum absolute atomic E-state index is 12.1. The number of hydrogen-bond acceptors (Lipinski definition) is 6. The van der Waals surface area contributed by atoms with Crippen LogP contribution in [0.1, 0.15) is 33.4 Å². The van der Waals surface area contributed by atoms with E-state index < -0.39 is 26.7 Å². The van der Waals surface area contributed by atoms with E-state index in [9.17, 15) is 10.3 Å². The Hall–Kier alpha value is -3.76. The van der Waals surface area contributed by atoms with E-state index in [1.807, 2.05) is 36.4 Å². The molecule has 190 valence electrons. The van der Waals surface area contributed by atoms with Crippen LogP contribution in [0, 0.1) is 0 Å². The number of aromatic nitrogens is 4. The smallest absolute Gasteiger partial charge is 0.261 e. The van der Waals surface area contributed by atoms with Crippen LogP contribution in [0.3, 0.4) is 0 Å². The maximum Gasteiger partial charge on any atom is 0.261 e. The number of rotatable bonds is 7. The summed E-state index contributed by atoms with van der Waals surface area (Å²) in [5.74, 6) is 0. The number of benzene rings is 2. The van der Waals surface area contributed by atoms with Gasteiger partial charge in [-0.15, -0.1) is 0 Å². The molecule has 2 aromatic heterocycles. The Morgan fingerprint density at radius 3 is 2.41 bits per heavy atom. The predicted octanol–water partition coefficient (Wildman–Crippen LogP) is 3.66. The van der Waals surface area contributed by atoms with Crippen LogP contribution in [0.5, 0.6) is 0 Å². The monoisotopic (exact) mass is 515 g/mol. The Morgan fingerprint density at radius 1 is 1.16 bits per heavy atom. The summed E-state index contributed by atoms with van der Waals surface area (Å²) in [5, 5.41) is 10.9. The van der Waals surface area contributed by atoms with Gasteiger partial charge < -0.3 is 14.1 Å². The summed E-state index contributed by atoms with van der Waals surface area (Å²) >= 11 is 0. The summed E-state index contributed by atoms with van der Waals surface area (Å²) in [4.78, 5) is 22.0. The molecule has 0 radical (unpaired) electrons. The van der Waals surface area contributed by atoms with E-state index in [1.54, 1.807) is 4.68 Å². The van der Waals surface area contributed by atoms with Crippen molar-refractivity contribution in [1.29, 1.82) is 0 Å². The molecule has 0 aliphatic carbocycles. The van der Waals surface area contributed by atoms with E-state index in [2.05, 4.69) is 70.1 Å². The second kappa shape index (κ2) is 9.95. The van der Waals surface area contributed by atoms with Gasteiger partial charge in [-0.05, 0) is 20.9 Å². The zero-order valence-corrected chi connectivity index (χ0v) is 22.0. The fourth-order valence-corrected chi connectivity index (χ4v) is 9.83. The Labute approximate surface area is 215 Å². The van der Waals surface area contributed by atoms with Crippen molar-refractivity contribution in [3.8, 4) is 0 Å². The van der Waals surface area contributed by atoms with Gasteiger partial charge in [0.05, 0.1) is 31.3 Å². The SMILES string of the molecule is CC(C)(C)[Si](OC[C@H]1O[C@H](n2ncc3c(=O)[nH]cnc32)C[C@@H]1N=[N+]=[N-])(c1ccccc1)c1ccccc1. The molecule has 3 atom stereocenters. The van der Waals surface area contributed by atoms with Crippen molar-refractivity contribution in [2.45, 2.75) is 50.6 Å². The molecule has 0 unspecified atom stereocenters. The lowest BCUT2D eigenvalue weighted by atomic mass is 10.1. The van der Waals surface area contributed by atoms with Crippen LogP contribution in [-0.4, -0.2) is 46.8 Å². The summed E-state index contributed by atoms with van der Waals surface area (Å²) in [6, 6.07) is 20.2. The van der Waals surface area contributed by atoms with Crippen LogP contribution >= 0.6 is 0 Å². The Kier molecular flexibility index (Phi) is 6.70. The van der Waals surface area contributed by atoms with Crippen molar-refractivity contribution in [2.75, 3.05) is 6.61 Å². The highest BCUT2D eigenvalue weighted by molar-refractivity contribution is 6.99. The third-order valence-electron chi connectivity index (χ3n) is 6.95. The van der Waals surface area contributed by atoms with E-state index >= 15 is 0 Å². The molecule has 1 N–H and O–H groups in total. The first-order valence-corrected chi connectivity index (χ1v) is 14.1. The highest BCUT2D eigenvalue weighted by Gasteiger charge is 2.51. The second-order valence-corrected chi connectivity index (χ2v) is 14.5. The third kappa shape index (κ3) is 4.47. The molecule has 11 heteroatoms. The average Bonchev–Trinajstić information content (AvgIpc) is 3.50. The molecular weight excluding hydrogens is 486 g/mol. The highest BCUT2D eigenvalue weighted by Crippen LogP contribution is 2.38. The average molecular weight is 516 g/mol. The van der Waals surface area contributed by atoms with Crippen LogP contribution in [0.25, 0.3) is 21.5 Å². The van der Waals surface area contributed by atoms with Gasteiger partial charge in [0.1, 0.15) is 5.39 Å². The number of nitrogens with one attached hydrogen (secondary N) is 1. The molecule has 1 fully saturated rings. The van der Waals surface area contributed by atoms with Crippen LogP contribution in [0.15, 0.2) is 83.1 Å². The number of fused-ring (bicyclic) bond motifs is 1. The number of H-pyrrole nitrogens is 1. The first-order chi connectivity index (χ1) is 17.8. The fourth-order valence-electron chi connectivity index (χ4n) is 5.26. The van der Waals surface area contributed by atoms with Crippen molar-refractivity contribution in [3.05, 3.63) is 94.0 Å². The lowest BCUT2D eigenvalue weighted by molar-refractivity contribution is -0.0255. The molecule has 0 amide bonds. The number of ether oxygens (including phenoxy) is 1. The molecule has 1 aliphatic heterocycles. The zero-order valence-electron chi connectivity index (χ0n) is 21.0. The van der Waals surface area contributed by atoms with Gasteiger partial charge in [-0.1, -0.05) is 86.5 Å². The minimum absolute atomic E-state index is 0.204. The van der Waals surface area contributed by atoms with Crippen LogP contribution < -0.4 is 15.9 Å². The number of aromatic amines is 1. The normalized spacial score (nSPS) is 20.1. The standard InChI is InChI=1S/C26H29N7O3Si/c1-26(2,3)37(18-10-6-4-7-11-18,19-12-8-5-9-13-19)35-16-22-21(31-32-27)14-23(36-22)33-24-20(15-30-33)25(34)29-17-28-24/h4-13,15,17,21-23H,14,16H2,1-3H3,(H,28,29,34)/t21-,22+,23-/m0/s1. The van der Waals surface area contributed by atoms with E-state index in [0.29, 0.717) is 17.5 Å². The second-order valence-electron chi connectivity index (χ2n) is 10.2. The quantitative estimate of drug-likeness (QED) is 0.174. The van der Waals surface area contributed by atoms with Crippen LogP contribution in [0.4, 0.5) is 0 Å². The van der Waals surface area contributed by atoms with Gasteiger partial charge in [0.25, 0.3) is 13.9 Å². The van der Waals surface area contributed by atoms with Crippen molar-refractivity contribution in [3.63, 3.8) is 0 Å². The predicted molar refractivity (Wildman–Crippen MR) is 143 cm³/mol. The number of hydrogen-bond donors (Lipinski definition) is 1. The lowest BCUT2D eigenvalue weighted by Gasteiger charge is -2.43. The van der Waals surface area contributed by atoms with Crippen molar-refractivity contribution >= 4 is 29.7 Å². The summed E-state index contributed by atoms with van der Waals surface area (Å²) < 4.78 is 15.0. The third-order valence-corrected chi connectivity index (χ3v) is 12.0. The van der Waals surface area contributed by atoms with Crippen molar-refractivity contribution < 1.29 is 9.16 Å². The summed E-state index contributed by atoms with van der Waals surface area (Å²) in [5.41, 5.74) is 9.42. The minimum atomic E-state index is -2.80. The lowest BCUT2D eigenvalue weighted by Crippen LogP contribution is -2.67. The van der Waals surface area contributed by atoms with Gasteiger partial charge in [-0.3, -0.25) is 4.79 Å². The summed E-state index contributed by atoms with van der Waals surface area (Å²) in [7, 11) is -2.80. The molecule has 10 nitrogen and oxygen atoms in total. The van der Waals surface area contributed by atoms with Gasteiger partial charge >= 0.3 is 0 Å². The van der Waals surface area contributed by atoms with Crippen molar-refractivity contribution in [1.82, 2.24) is 19.7 Å². The molecule has 0 bridgehead atoms. The first kappa shape index (κ1) is 24.9. The molecule has 1 aliphatic rings. The van der Waals surface area contributed by atoms with E-state index in [0.717, 1.165) is 10.4 Å². The summed E-state index contributed by atoms with van der Waals surface area (Å²) in [6.45, 7) is 6.87. The zero-order chi connectivity index (χ0) is 26.0. The first-order valence-electron chi connectivity index (χ1n) is 12.2. The highest BCUT2D eigenvalue weighted by atomic mass is 28.4. The van der Waals surface area contributed by atoms with Crippen molar-refractivity contribution in [2.24, 2.45) is 5.11 Å². The van der Waals surface area contributed by atoms with Crippen LogP contribution in [-0.2, 0) is 9.16 Å². The largest absolute Gasteiger partial charge is 0.405 e. The van der Waals surface area contributed by atoms with Gasteiger partial charge in [0, 0.05) is 11.3 Å². The molecule has 0 saturated carbocycles. The number of nitrogens with zero attached hydrogens (tertiary/aromatic N) is 6. The Bertz CT molecular complexity index is 1440. The van der Waals surface area contributed by atoms with Gasteiger partial charge in [-0.25, -0.2) is 9.67 Å². The number of azide groups is 1. The van der Waals surface area contributed by atoms with Gasteiger partial charge in [-0.2, -0.15) is 5.10 Å². The fraction of sp³-hybridized carbons (Fsp3) is 0.346. The van der Waals surface area contributed by atoms with E-state index in [-0.39, 0.29) is 17.2 Å².